The van der Waals surface area contributed by atoms with Crippen LogP contribution < -0.4 is 5.32 Å². The van der Waals surface area contributed by atoms with Crippen LogP contribution in [0.1, 0.15) is 41.8 Å². The molecule has 0 unspecified atom stereocenters. The molecule has 1 saturated carbocycles. The minimum atomic E-state index is -0.334. The molecule has 31 heavy (non-hydrogen) atoms. The first-order valence-corrected chi connectivity index (χ1v) is 11.5. The fourth-order valence-electron chi connectivity index (χ4n) is 4.23. The Morgan fingerprint density at radius 3 is 2.19 bits per heavy atom. The molecule has 1 aromatic heterocycles. The standard InChI is InChI=1S/C23H26BrN3O4/c24-20-10-9-19(31-20)22(29)25-18-7-5-16(6-8-18)15-21(28)26-11-13-27(14-12-26)23(30)17-3-1-2-4-17/h5-10,17H,1-4,11-15H2,(H,25,29). The van der Waals surface area contributed by atoms with E-state index >= 15 is 0 Å². The average Bonchev–Trinajstić information content (AvgIpc) is 3.47. The van der Waals surface area contributed by atoms with Crippen molar-refractivity contribution in [2.45, 2.75) is 32.1 Å². The van der Waals surface area contributed by atoms with Crippen LogP contribution in [0.5, 0.6) is 0 Å². The molecule has 0 spiro atoms. The molecule has 1 aliphatic carbocycles. The van der Waals surface area contributed by atoms with E-state index in [1.807, 2.05) is 21.9 Å². The van der Waals surface area contributed by atoms with Gasteiger partial charge in [-0.3, -0.25) is 14.4 Å². The number of amides is 3. The molecule has 2 fully saturated rings. The lowest BCUT2D eigenvalue weighted by Crippen LogP contribution is -2.52. The van der Waals surface area contributed by atoms with Gasteiger partial charge in [0.05, 0.1) is 6.42 Å². The number of furan rings is 1. The van der Waals surface area contributed by atoms with E-state index in [2.05, 4.69) is 21.2 Å². The van der Waals surface area contributed by atoms with Gasteiger partial charge in [-0.1, -0.05) is 25.0 Å². The smallest absolute Gasteiger partial charge is 0.291 e. The monoisotopic (exact) mass is 487 g/mol. The molecule has 8 heteroatoms. The molecule has 3 amide bonds. The number of nitrogens with one attached hydrogen (secondary N) is 1. The SMILES string of the molecule is O=C(Nc1ccc(CC(=O)N2CCN(C(=O)C3CCCC3)CC2)cc1)c1ccc(Br)o1. The fraction of sp³-hybridized carbons (Fsp3) is 0.435. The van der Waals surface area contributed by atoms with E-state index in [1.54, 1.807) is 24.3 Å². The summed E-state index contributed by atoms with van der Waals surface area (Å²) >= 11 is 3.17. The van der Waals surface area contributed by atoms with Gasteiger partial charge in [-0.05, 0) is 58.6 Å². The highest BCUT2D eigenvalue weighted by molar-refractivity contribution is 9.10. The van der Waals surface area contributed by atoms with Crippen molar-refractivity contribution >= 4 is 39.3 Å². The van der Waals surface area contributed by atoms with Gasteiger partial charge in [0.1, 0.15) is 0 Å². The van der Waals surface area contributed by atoms with Crippen LogP contribution in [0.3, 0.4) is 0 Å². The minimum absolute atomic E-state index is 0.0604. The summed E-state index contributed by atoms with van der Waals surface area (Å²) in [5.41, 5.74) is 1.51. The predicted octanol–water partition coefficient (Wildman–Crippen LogP) is 3.70. The number of benzene rings is 1. The highest BCUT2D eigenvalue weighted by Gasteiger charge is 2.30. The van der Waals surface area contributed by atoms with E-state index in [0.717, 1.165) is 31.2 Å². The van der Waals surface area contributed by atoms with Gasteiger partial charge in [-0.25, -0.2) is 0 Å². The molecule has 2 aromatic rings. The maximum atomic E-state index is 12.7. The van der Waals surface area contributed by atoms with E-state index < -0.39 is 0 Å². The number of carbonyl (C=O) groups excluding carboxylic acids is 3. The Hall–Kier alpha value is -2.61. The minimum Gasteiger partial charge on any atom is -0.444 e. The molecule has 7 nitrogen and oxygen atoms in total. The zero-order valence-corrected chi connectivity index (χ0v) is 18.9. The van der Waals surface area contributed by atoms with Gasteiger partial charge in [0.2, 0.25) is 11.8 Å². The highest BCUT2D eigenvalue weighted by Crippen LogP contribution is 2.27. The Morgan fingerprint density at radius 2 is 1.58 bits per heavy atom. The summed E-state index contributed by atoms with van der Waals surface area (Å²) in [5.74, 6) is 0.404. The Kier molecular flexibility index (Phi) is 6.75. The van der Waals surface area contributed by atoms with Crippen LogP contribution >= 0.6 is 15.9 Å². The molecular weight excluding hydrogens is 462 g/mol. The third-order valence-corrected chi connectivity index (χ3v) is 6.44. The summed E-state index contributed by atoms with van der Waals surface area (Å²) in [6, 6.07) is 10.5. The second-order valence-electron chi connectivity index (χ2n) is 8.12. The van der Waals surface area contributed by atoms with Gasteiger partial charge < -0.3 is 19.5 Å². The number of piperazine rings is 1. The van der Waals surface area contributed by atoms with Crippen LogP contribution in [0.4, 0.5) is 5.69 Å². The van der Waals surface area contributed by atoms with Crippen LogP contribution in [0, 0.1) is 5.92 Å². The maximum absolute atomic E-state index is 12.7. The molecule has 0 bridgehead atoms. The third kappa shape index (κ3) is 5.36. The molecule has 1 N–H and O–H groups in total. The van der Waals surface area contributed by atoms with Gasteiger partial charge in [0.25, 0.3) is 5.91 Å². The van der Waals surface area contributed by atoms with Crippen LogP contribution in [-0.4, -0.2) is 53.7 Å². The van der Waals surface area contributed by atoms with E-state index in [4.69, 9.17) is 4.42 Å². The lowest BCUT2D eigenvalue weighted by molar-refractivity contribution is -0.141. The highest BCUT2D eigenvalue weighted by atomic mass is 79.9. The van der Waals surface area contributed by atoms with E-state index in [9.17, 15) is 14.4 Å². The first-order valence-electron chi connectivity index (χ1n) is 10.7. The topological polar surface area (TPSA) is 82.9 Å². The quantitative estimate of drug-likeness (QED) is 0.696. The van der Waals surface area contributed by atoms with Gasteiger partial charge in [-0.2, -0.15) is 0 Å². The number of halogens is 1. The van der Waals surface area contributed by atoms with Crippen molar-refractivity contribution in [3.8, 4) is 0 Å². The molecule has 4 rings (SSSR count). The molecule has 1 aliphatic heterocycles. The van der Waals surface area contributed by atoms with Crippen molar-refractivity contribution in [3.63, 3.8) is 0 Å². The Morgan fingerprint density at radius 1 is 0.935 bits per heavy atom. The Labute approximate surface area is 189 Å². The van der Waals surface area contributed by atoms with Crippen molar-refractivity contribution in [2.75, 3.05) is 31.5 Å². The molecule has 1 saturated heterocycles. The second kappa shape index (κ2) is 9.68. The zero-order valence-electron chi connectivity index (χ0n) is 17.3. The van der Waals surface area contributed by atoms with Crippen LogP contribution in [-0.2, 0) is 16.0 Å². The second-order valence-corrected chi connectivity index (χ2v) is 8.90. The lowest BCUT2D eigenvalue weighted by Gasteiger charge is -2.36. The van der Waals surface area contributed by atoms with Gasteiger partial charge in [0.15, 0.2) is 10.4 Å². The maximum Gasteiger partial charge on any atom is 0.291 e. The summed E-state index contributed by atoms with van der Waals surface area (Å²) in [6.07, 6.45) is 4.62. The van der Waals surface area contributed by atoms with Crippen LogP contribution in [0.25, 0.3) is 0 Å². The molecule has 2 heterocycles. The third-order valence-electron chi connectivity index (χ3n) is 6.01. The number of rotatable bonds is 5. The van der Waals surface area contributed by atoms with Gasteiger partial charge in [-0.15, -0.1) is 0 Å². The largest absolute Gasteiger partial charge is 0.444 e. The fourth-order valence-corrected chi connectivity index (χ4v) is 4.54. The van der Waals surface area contributed by atoms with Crippen molar-refractivity contribution in [3.05, 3.63) is 52.4 Å². The number of hydrogen-bond donors (Lipinski definition) is 1. The number of nitrogens with zero attached hydrogens (tertiary/aromatic N) is 2. The summed E-state index contributed by atoms with van der Waals surface area (Å²) in [4.78, 5) is 41.1. The Bertz CT molecular complexity index is 942. The van der Waals surface area contributed by atoms with Crippen molar-refractivity contribution in [1.82, 2.24) is 9.80 Å². The molecule has 0 atom stereocenters. The number of hydrogen-bond acceptors (Lipinski definition) is 4. The van der Waals surface area contributed by atoms with Crippen molar-refractivity contribution < 1.29 is 18.8 Å². The zero-order chi connectivity index (χ0) is 21.8. The van der Waals surface area contributed by atoms with Crippen molar-refractivity contribution in [2.24, 2.45) is 5.92 Å². The van der Waals surface area contributed by atoms with E-state index in [1.165, 1.54) is 0 Å². The normalized spacial score (nSPS) is 17.1. The van der Waals surface area contributed by atoms with Gasteiger partial charge >= 0.3 is 0 Å². The predicted molar refractivity (Wildman–Crippen MR) is 120 cm³/mol. The average molecular weight is 488 g/mol. The molecule has 164 valence electrons. The Balaban J connectivity index is 1.25. The number of carbonyl (C=O) groups is 3. The first-order chi connectivity index (χ1) is 15.0. The van der Waals surface area contributed by atoms with E-state index in [-0.39, 0.29) is 29.4 Å². The first kappa shape index (κ1) is 21.6. The summed E-state index contributed by atoms with van der Waals surface area (Å²) in [6.45, 7) is 2.41. The van der Waals surface area contributed by atoms with Crippen LogP contribution in [0.2, 0.25) is 0 Å². The molecule has 1 aromatic carbocycles. The summed E-state index contributed by atoms with van der Waals surface area (Å²) < 4.78 is 5.74. The molecule has 2 aliphatic rings. The van der Waals surface area contributed by atoms with Crippen molar-refractivity contribution in [1.29, 1.82) is 0 Å². The lowest BCUT2D eigenvalue weighted by atomic mass is 10.1. The summed E-state index contributed by atoms with van der Waals surface area (Å²) in [5, 5.41) is 2.77. The number of anilines is 1. The molecular formula is C23H26BrN3O4. The molecule has 0 radical (unpaired) electrons. The summed E-state index contributed by atoms with van der Waals surface area (Å²) in [7, 11) is 0. The van der Waals surface area contributed by atoms with Crippen LogP contribution in [0.15, 0.2) is 45.5 Å². The van der Waals surface area contributed by atoms with Gasteiger partial charge in [0, 0.05) is 37.8 Å². The van der Waals surface area contributed by atoms with E-state index in [0.29, 0.717) is 43.0 Å².